The zero-order valence-electron chi connectivity index (χ0n) is 10.1. The number of hydrogen-bond donors (Lipinski definition) is 1. The zero-order valence-corrected chi connectivity index (χ0v) is 10.1. The molecule has 0 aliphatic carbocycles. The van der Waals surface area contributed by atoms with Crippen molar-refractivity contribution in [1.29, 1.82) is 0 Å². The molecule has 16 heavy (non-hydrogen) atoms. The second-order valence-corrected chi connectivity index (χ2v) is 3.83. The van der Waals surface area contributed by atoms with E-state index in [1.165, 1.54) is 0 Å². The summed E-state index contributed by atoms with van der Waals surface area (Å²) in [5.74, 6) is 0. The fraction of sp³-hybridized carbons (Fsp3) is 0.727. The smallest absolute Gasteiger partial charge is 0.0969 e. The predicted octanol–water partition coefficient (Wildman–Crippen LogP) is 0.524. The molecule has 0 aliphatic heterocycles. The van der Waals surface area contributed by atoms with Crippen molar-refractivity contribution >= 4 is 0 Å². The molecule has 0 aliphatic rings. The Morgan fingerprint density at radius 3 is 2.75 bits per heavy atom. The summed E-state index contributed by atoms with van der Waals surface area (Å²) in [6.07, 6.45) is -0.533. The van der Waals surface area contributed by atoms with E-state index in [2.05, 4.69) is 5.10 Å². The van der Waals surface area contributed by atoms with Gasteiger partial charge in [-0.2, -0.15) is 5.10 Å². The van der Waals surface area contributed by atoms with Gasteiger partial charge >= 0.3 is 0 Å². The molecule has 0 saturated heterocycles. The normalized spacial score (nSPS) is 13.0. The molecule has 0 bridgehead atoms. The average Bonchev–Trinajstić information content (AvgIpc) is 2.52. The highest BCUT2D eigenvalue weighted by Gasteiger charge is 2.08. The Morgan fingerprint density at radius 1 is 1.44 bits per heavy atom. The van der Waals surface area contributed by atoms with Crippen LogP contribution in [-0.4, -0.2) is 47.9 Å². The standard InChI is InChI=1S/C11H20N2O3/c1-9-6-10(2)13(12-9)7-11(14)8-16-5-4-15-3/h6,11,14H,4-5,7-8H2,1-3H3. The summed E-state index contributed by atoms with van der Waals surface area (Å²) in [5, 5.41) is 14.0. The van der Waals surface area contributed by atoms with Crippen molar-refractivity contribution in [1.82, 2.24) is 9.78 Å². The summed E-state index contributed by atoms with van der Waals surface area (Å²) in [5.41, 5.74) is 2.01. The van der Waals surface area contributed by atoms with Crippen LogP contribution in [0.1, 0.15) is 11.4 Å². The maximum absolute atomic E-state index is 9.71. The van der Waals surface area contributed by atoms with E-state index >= 15 is 0 Å². The lowest BCUT2D eigenvalue weighted by Crippen LogP contribution is -2.24. The minimum Gasteiger partial charge on any atom is -0.389 e. The Hall–Kier alpha value is -0.910. The summed E-state index contributed by atoms with van der Waals surface area (Å²) in [7, 11) is 1.62. The van der Waals surface area contributed by atoms with Gasteiger partial charge in [-0.05, 0) is 19.9 Å². The Kier molecular flexibility index (Phi) is 5.45. The van der Waals surface area contributed by atoms with Crippen molar-refractivity contribution < 1.29 is 14.6 Å². The van der Waals surface area contributed by atoms with Gasteiger partial charge in [0.15, 0.2) is 0 Å². The van der Waals surface area contributed by atoms with Gasteiger partial charge in [0.1, 0.15) is 0 Å². The van der Waals surface area contributed by atoms with E-state index in [-0.39, 0.29) is 0 Å². The maximum atomic E-state index is 9.71. The molecule has 1 aromatic rings. The maximum Gasteiger partial charge on any atom is 0.0969 e. The van der Waals surface area contributed by atoms with Gasteiger partial charge in [0.25, 0.3) is 0 Å². The molecule has 0 saturated carbocycles. The first-order chi connectivity index (χ1) is 7.63. The van der Waals surface area contributed by atoms with Crippen LogP contribution in [0.2, 0.25) is 0 Å². The summed E-state index contributed by atoms with van der Waals surface area (Å²) in [4.78, 5) is 0. The highest BCUT2D eigenvalue weighted by molar-refractivity contribution is 5.06. The second kappa shape index (κ2) is 6.62. The Bertz CT molecular complexity index is 312. The topological polar surface area (TPSA) is 56.5 Å². The number of nitrogens with zero attached hydrogens (tertiary/aromatic N) is 2. The van der Waals surface area contributed by atoms with Gasteiger partial charge in [-0.3, -0.25) is 4.68 Å². The molecule has 5 heteroatoms. The van der Waals surface area contributed by atoms with Gasteiger partial charge in [0.05, 0.1) is 38.2 Å². The molecule has 1 atom stereocenters. The van der Waals surface area contributed by atoms with Crippen LogP contribution in [0.15, 0.2) is 6.07 Å². The Labute approximate surface area is 96.0 Å². The quantitative estimate of drug-likeness (QED) is 0.691. The van der Waals surface area contributed by atoms with Crippen molar-refractivity contribution in [3.05, 3.63) is 17.5 Å². The van der Waals surface area contributed by atoms with Crippen LogP contribution in [0.5, 0.6) is 0 Å². The van der Waals surface area contributed by atoms with E-state index in [9.17, 15) is 5.11 Å². The van der Waals surface area contributed by atoms with Crippen LogP contribution in [-0.2, 0) is 16.0 Å². The summed E-state index contributed by atoms with van der Waals surface area (Å²) in [6, 6.07) is 1.98. The van der Waals surface area contributed by atoms with Gasteiger partial charge in [-0.25, -0.2) is 0 Å². The van der Waals surface area contributed by atoms with Crippen molar-refractivity contribution in [3.63, 3.8) is 0 Å². The molecule has 92 valence electrons. The van der Waals surface area contributed by atoms with Crippen LogP contribution in [0.25, 0.3) is 0 Å². The third-order valence-electron chi connectivity index (χ3n) is 2.23. The largest absolute Gasteiger partial charge is 0.389 e. The zero-order chi connectivity index (χ0) is 12.0. The van der Waals surface area contributed by atoms with Crippen LogP contribution in [0, 0.1) is 13.8 Å². The van der Waals surface area contributed by atoms with Crippen LogP contribution < -0.4 is 0 Å². The molecular formula is C11H20N2O3. The van der Waals surface area contributed by atoms with E-state index in [1.54, 1.807) is 11.8 Å². The summed E-state index contributed by atoms with van der Waals surface area (Å²) in [6.45, 7) is 5.73. The van der Waals surface area contributed by atoms with Gasteiger partial charge in [-0.15, -0.1) is 0 Å². The molecule has 1 rings (SSSR count). The van der Waals surface area contributed by atoms with Gasteiger partial charge in [0, 0.05) is 12.8 Å². The minimum atomic E-state index is -0.533. The molecule has 0 spiro atoms. The number of methoxy groups -OCH3 is 1. The van der Waals surface area contributed by atoms with Crippen molar-refractivity contribution in [2.75, 3.05) is 26.9 Å². The Balaban J connectivity index is 2.28. The SMILES string of the molecule is COCCOCC(O)Cn1nc(C)cc1C. The molecule has 0 amide bonds. The van der Waals surface area contributed by atoms with Crippen molar-refractivity contribution in [3.8, 4) is 0 Å². The molecular weight excluding hydrogens is 208 g/mol. The lowest BCUT2D eigenvalue weighted by atomic mass is 10.3. The highest BCUT2D eigenvalue weighted by atomic mass is 16.5. The third-order valence-corrected chi connectivity index (χ3v) is 2.23. The molecule has 1 N–H and O–H groups in total. The third kappa shape index (κ3) is 4.30. The molecule has 1 heterocycles. The van der Waals surface area contributed by atoms with E-state index in [0.717, 1.165) is 11.4 Å². The number of aromatic nitrogens is 2. The summed E-state index contributed by atoms with van der Waals surface area (Å²) < 4.78 is 11.9. The van der Waals surface area contributed by atoms with Gasteiger partial charge in [0.2, 0.25) is 0 Å². The van der Waals surface area contributed by atoms with Crippen molar-refractivity contribution in [2.45, 2.75) is 26.5 Å². The fourth-order valence-electron chi connectivity index (χ4n) is 1.47. The number of aryl methyl sites for hydroxylation is 2. The number of aliphatic hydroxyl groups is 1. The van der Waals surface area contributed by atoms with E-state index in [4.69, 9.17) is 9.47 Å². The number of aliphatic hydroxyl groups excluding tert-OH is 1. The predicted molar refractivity (Wildman–Crippen MR) is 60.4 cm³/mol. The molecule has 0 radical (unpaired) electrons. The first-order valence-corrected chi connectivity index (χ1v) is 5.39. The van der Waals surface area contributed by atoms with Gasteiger partial charge in [-0.1, -0.05) is 0 Å². The molecule has 0 fully saturated rings. The molecule has 0 aromatic carbocycles. The lowest BCUT2D eigenvalue weighted by Gasteiger charge is -2.12. The Morgan fingerprint density at radius 2 is 2.19 bits per heavy atom. The lowest BCUT2D eigenvalue weighted by molar-refractivity contribution is 0.00574. The van der Waals surface area contributed by atoms with E-state index < -0.39 is 6.10 Å². The molecule has 1 unspecified atom stereocenters. The summed E-state index contributed by atoms with van der Waals surface area (Å²) >= 11 is 0. The van der Waals surface area contributed by atoms with E-state index in [1.807, 2.05) is 19.9 Å². The number of hydrogen-bond acceptors (Lipinski definition) is 4. The fourth-order valence-corrected chi connectivity index (χ4v) is 1.47. The van der Waals surface area contributed by atoms with E-state index in [0.29, 0.717) is 26.4 Å². The second-order valence-electron chi connectivity index (χ2n) is 3.83. The highest BCUT2D eigenvalue weighted by Crippen LogP contribution is 2.03. The number of ether oxygens (including phenoxy) is 2. The molecule has 1 aromatic heterocycles. The number of rotatable bonds is 7. The van der Waals surface area contributed by atoms with Gasteiger partial charge < -0.3 is 14.6 Å². The van der Waals surface area contributed by atoms with Crippen molar-refractivity contribution in [2.24, 2.45) is 0 Å². The first kappa shape index (κ1) is 13.2. The minimum absolute atomic E-state index is 0.307. The first-order valence-electron chi connectivity index (χ1n) is 5.39. The average molecular weight is 228 g/mol. The van der Waals surface area contributed by atoms with Crippen LogP contribution in [0.3, 0.4) is 0 Å². The van der Waals surface area contributed by atoms with Crippen LogP contribution in [0.4, 0.5) is 0 Å². The van der Waals surface area contributed by atoms with Crippen LogP contribution >= 0.6 is 0 Å². The molecule has 5 nitrogen and oxygen atoms in total. The monoisotopic (exact) mass is 228 g/mol.